The van der Waals surface area contributed by atoms with Crippen LogP contribution in [-0.2, 0) is 18.4 Å². The largest absolute Gasteiger partial charge is 0.317 e. The third-order valence-corrected chi connectivity index (χ3v) is 4.53. The van der Waals surface area contributed by atoms with Gasteiger partial charge in [-0.25, -0.2) is 9.98 Å². The lowest BCUT2D eigenvalue weighted by Crippen LogP contribution is -2.32. The molecule has 0 saturated heterocycles. The lowest BCUT2D eigenvalue weighted by atomic mass is 10.1. The molecule has 1 amide bonds. The summed E-state index contributed by atoms with van der Waals surface area (Å²) in [6.45, 7) is 2.05. The number of carbonyl (C=O) groups excluding carboxylic acids is 1. The van der Waals surface area contributed by atoms with Gasteiger partial charge in [-0.05, 0) is 18.6 Å². The number of aromatic nitrogens is 3. The summed E-state index contributed by atoms with van der Waals surface area (Å²) in [5.41, 5.74) is 3.88. The molecule has 1 aliphatic heterocycles. The van der Waals surface area contributed by atoms with E-state index in [9.17, 15) is 9.59 Å². The van der Waals surface area contributed by atoms with Gasteiger partial charge in [-0.1, -0.05) is 35.9 Å². The Bertz CT molecular complexity index is 1150. The highest BCUT2D eigenvalue weighted by Gasteiger charge is 2.15. The number of imidazole rings is 1. The minimum Gasteiger partial charge on any atom is -0.317 e. The van der Waals surface area contributed by atoms with E-state index in [1.54, 1.807) is 23.9 Å². The molecular weight excluding hydrogens is 342 g/mol. The summed E-state index contributed by atoms with van der Waals surface area (Å²) in [4.78, 5) is 33.4. The van der Waals surface area contributed by atoms with Crippen molar-refractivity contribution >= 4 is 28.5 Å². The molecule has 3 heterocycles. The molecular formula is C20H19N5O2. The Morgan fingerprint density at radius 3 is 2.78 bits per heavy atom. The van der Waals surface area contributed by atoms with Gasteiger partial charge >= 0.3 is 0 Å². The quantitative estimate of drug-likeness (QED) is 0.775. The number of rotatable bonds is 3. The third kappa shape index (κ3) is 3.31. The molecule has 4 rings (SSSR count). The van der Waals surface area contributed by atoms with E-state index >= 15 is 0 Å². The number of fused-ring (bicyclic) bond motifs is 1. The Morgan fingerprint density at radius 1 is 1.22 bits per heavy atom. The van der Waals surface area contributed by atoms with Crippen LogP contribution in [0.3, 0.4) is 0 Å². The maximum Gasteiger partial charge on any atom is 0.276 e. The van der Waals surface area contributed by atoms with E-state index in [1.165, 1.54) is 16.5 Å². The summed E-state index contributed by atoms with van der Waals surface area (Å²) in [6, 6.07) is 9.86. The van der Waals surface area contributed by atoms with Crippen molar-refractivity contribution in [2.75, 3.05) is 0 Å². The van der Waals surface area contributed by atoms with Crippen LogP contribution >= 0.6 is 0 Å². The number of carbonyl (C=O) groups is 1. The highest BCUT2D eigenvalue weighted by molar-refractivity contribution is 6.03. The van der Waals surface area contributed by atoms with Crippen LogP contribution in [0.4, 0.5) is 0 Å². The highest BCUT2D eigenvalue weighted by atomic mass is 16.2. The first-order valence-corrected chi connectivity index (χ1v) is 8.66. The second-order valence-corrected chi connectivity index (χ2v) is 6.60. The van der Waals surface area contributed by atoms with E-state index < -0.39 is 0 Å². The molecule has 0 aliphatic carbocycles. The lowest BCUT2D eigenvalue weighted by molar-refractivity contribution is -0.120. The molecule has 7 nitrogen and oxygen atoms in total. The van der Waals surface area contributed by atoms with Gasteiger partial charge in [0.15, 0.2) is 0 Å². The van der Waals surface area contributed by atoms with E-state index in [1.807, 2.05) is 37.3 Å². The topological polar surface area (TPSA) is 81.3 Å². The van der Waals surface area contributed by atoms with Crippen molar-refractivity contribution in [3.05, 3.63) is 70.4 Å². The molecule has 1 N–H and O–H groups in total. The first-order valence-electron chi connectivity index (χ1n) is 8.66. The van der Waals surface area contributed by atoms with Crippen LogP contribution in [0.15, 0.2) is 58.7 Å². The number of hydrogen-bond acceptors (Lipinski definition) is 4. The fraction of sp³-hybridized carbons (Fsp3) is 0.200. The van der Waals surface area contributed by atoms with Crippen molar-refractivity contribution in [2.45, 2.75) is 19.9 Å². The van der Waals surface area contributed by atoms with Crippen LogP contribution in [0.2, 0.25) is 0 Å². The van der Waals surface area contributed by atoms with E-state index in [4.69, 9.17) is 0 Å². The Hall–Kier alpha value is -3.48. The molecule has 2 aromatic heterocycles. The maximum atomic E-state index is 12.4. The molecule has 1 aliphatic rings. The molecule has 3 aromatic rings. The van der Waals surface area contributed by atoms with Crippen molar-refractivity contribution in [3.63, 3.8) is 0 Å². The minimum absolute atomic E-state index is 0.00857. The van der Waals surface area contributed by atoms with Gasteiger partial charge in [0.2, 0.25) is 5.91 Å². The summed E-state index contributed by atoms with van der Waals surface area (Å²) in [6.07, 6.45) is 5.73. The summed E-state index contributed by atoms with van der Waals surface area (Å²) < 4.78 is 3.04. The van der Waals surface area contributed by atoms with E-state index in [0.29, 0.717) is 23.3 Å². The summed E-state index contributed by atoms with van der Waals surface area (Å²) in [5.74, 6) is 0.366. The lowest BCUT2D eigenvalue weighted by Gasteiger charge is -2.06. The van der Waals surface area contributed by atoms with Gasteiger partial charge in [-0.3, -0.25) is 9.59 Å². The predicted octanol–water partition coefficient (Wildman–Crippen LogP) is 2.00. The van der Waals surface area contributed by atoms with Gasteiger partial charge in [-0.2, -0.15) is 0 Å². The van der Waals surface area contributed by atoms with Gasteiger partial charge in [0.1, 0.15) is 17.9 Å². The number of amidine groups is 1. The van der Waals surface area contributed by atoms with Gasteiger partial charge in [0, 0.05) is 19.7 Å². The fourth-order valence-electron chi connectivity index (χ4n) is 3.06. The average molecular weight is 361 g/mol. The predicted molar refractivity (Wildman–Crippen MR) is 104 cm³/mol. The van der Waals surface area contributed by atoms with Crippen molar-refractivity contribution in [3.8, 4) is 0 Å². The normalized spacial score (nSPS) is 13.6. The Labute approximate surface area is 155 Å². The molecule has 7 heteroatoms. The monoisotopic (exact) mass is 361 g/mol. The molecule has 0 bridgehead atoms. The summed E-state index contributed by atoms with van der Waals surface area (Å²) in [5, 5.41) is 2.83. The molecule has 136 valence electrons. The molecule has 0 spiro atoms. The van der Waals surface area contributed by atoms with Crippen LogP contribution in [0, 0.1) is 6.92 Å². The Balaban J connectivity index is 1.48. The minimum atomic E-state index is -0.238. The molecule has 0 unspecified atom stereocenters. The maximum absolute atomic E-state index is 12.4. The fourth-order valence-corrected chi connectivity index (χ4v) is 3.06. The number of aryl methyl sites for hydroxylation is 2. The Kier molecular flexibility index (Phi) is 4.19. The van der Waals surface area contributed by atoms with Gasteiger partial charge in [0.05, 0.1) is 17.5 Å². The number of pyridine rings is 1. The van der Waals surface area contributed by atoms with Crippen LogP contribution in [-0.4, -0.2) is 25.9 Å². The number of amides is 1. The van der Waals surface area contributed by atoms with Crippen LogP contribution in [0.25, 0.3) is 16.7 Å². The van der Waals surface area contributed by atoms with Gasteiger partial charge < -0.3 is 14.5 Å². The van der Waals surface area contributed by atoms with Crippen LogP contribution in [0.1, 0.15) is 17.5 Å². The molecule has 1 aromatic carbocycles. The molecule has 0 saturated carbocycles. The van der Waals surface area contributed by atoms with Gasteiger partial charge in [0.25, 0.3) is 5.56 Å². The van der Waals surface area contributed by atoms with E-state index in [2.05, 4.69) is 15.3 Å². The summed E-state index contributed by atoms with van der Waals surface area (Å²) in [7, 11) is 1.67. The molecule has 0 radical (unpaired) electrons. The second kappa shape index (κ2) is 6.68. The number of benzene rings is 1. The average Bonchev–Trinajstić information content (AvgIpc) is 3.26. The van der Waals surface area contributed by atoms with Crippen molar-refractivity contribution in [1.29, 1.82) is 0 Å². The van der Waals surface area contributed by atoms with Crippen LogP contribution < -0.4 is 10.9 Å². The number of nitrogens with one attached hydrogen (secondary N) is 1. The van der Waals surface area contributed by atoms with Crippen molar-refractivity contribution < 1.29 is 4.79 Å². The standard InChI is InChI=1S/C20H19N5O2/c1-13-3-5-14(6-4-13)15-7-8-17(22-15)23-18(26)11-25-12-21-16-9-10-24(2)20(27)19(16)25/h3-7,9-10,12H,8,11H2,1-2H3,(H,22,23,26). The smallest absolute Gasteiger partial charge is 0.276 e. The van der Waals surface area contributed by atoms with Crippen molar-refractivity contribution in [2.24, 2.45) is 12.0 Å². The Morgan fingerprint density at radius 2 is 2.00 bits per heavy atom. The van der Waals surface area contributed by atoms with E-state index in [0.717, 1.165) is 11.3 Å². The molecule has 0 atom stereocenters. The first kappa shape index (κ1) is 17.0. The second-order valence-electron chi connectivity index (χ2n) is 6.60. The van der Waals surface area contributed by atoms with Crippen molar-refractivity contribution in [1.82, 2.24) is 19.4 Å². The summed E-state index contributed by atoms with van der Waals surface area (Å²) >= 11 is 0. The third-order valence-electron chi connectivity index (χ3n) is 4.53. The molecule has 0 fully saturated rings. The van der Waals surface area contributed by atoms with Crippen LogP contribution in [0.5, 0.6) is 0 Å². The zero-order chi connectivity index (χ0) is 19.0. The highest BCUT2D eigenvalue weighted by Crippen LogP contribution is 2.21. The number of aliphatic imine (C=N–C) groups is 1. The SMILES string of the molecule is Cc1ccc(C2=CCC(NC(=O)Cn3cnc4ccn(C)c(=O)c43)=N2)cc1. The zero-order valence-electron chi connectivity index (χ0n) is 15.1. The number of hydrogen-bond donors (Lipinski definition) is 1. The number of nitrogens with zero attached hydrogens (tertiary/aromatic N) is 4. The molecule has 27 heavy (non-hydrogen) atoms. The van der Waals surface area contributed by atoms with E-state index in [-0.39, 0.29) is 18.0 Å². The van der Waals surface area contributed by atoms with Gasteiger partial charge in [-0.15, -0.1) is 0 Å². The zero-order valence-corrected chi connectivity index (χ0v) is 15.1. The first-order chi connectivity index (χ1) is 13.0.